The van der Waals surface area contributed by atoms with Crippen LogP contribution in [-0.2, 0) is 32.0 Å². The third-order valence-electron chi connectivity index (χ3n) is 4.83. The fraction of sp³-hybridized carbons (Fsp3) is 0.136. The van der Waals surface area contributed by atoms with Gasteiger partial charge in [-0.1, -0.05) is 29.8 Å². The maximum Gasteiger partial charge on any atom is 0.416 e. The Kier molecular flexibility index (Phi) is 8.49. The van der Waals surface area contributed by atoms with Gasteiger partial charge in [0.1, 0.15) is 4.90 Å². The van der Waals surface area contributed by atoms with Crippen LogP contribution in [0.25, 0.3) is 0 Å². The van der Waals surface area contributed by atoms with Crippen LogP contribution in [0, 0.1) is 6.92 Å². The van der Waals surface area contributed by atoms with Crippen LogP contribution in [0.15, 0.2) is 79.7 Å². The van der Waals surface area contributed by atoms with E-state index < -0.39 is 37.7 Å². The standard InChI is InChI=1S/C22H20ClF3N4O4S3/c1-13-9-20(19(11-18(13)23)35-12-14-5-7-15(8-6-14)22(24,25)26)37(33,34)30-21(27)29-16-3-2-4-17(10-16)36(28,31)32/h2-11H,12H2,1H3,(H3,27,29,30)(H2,28,31,32). The predicted octanol–water partition coefficient (Wildman–Crippen LogP) is 4.72. The first-order valence-electron chi connectivity index (χ1n) is 10.2. The molecule has 0 heterocycles. The molecule has 0 bridgehead atoms. The van der Waals surface area contributed by atoms with Crippen molar-refractivity contribution in [3.8, 4) is 0 Å². The highest BCUT2D eigenvalue weighted by Gasteiger charge is 2.30. The molecular weight excluding hydrogens is 573 g/mol. The third-order valence-corrected chi connectivity index (χ3v) is 8.74. The normalized spacial score (nSPS) is 13.0. The van der Waals surface area contributed by atoms with E-state index in [0.717, 1.165) is 30.0 Å². The molecule has 0 amide bonds. The zero-order valence-electron chi connectivity index (χ0n) is 19.0. The minimum atomic E-state index is -4.47. The van der Waals surface area contributed by atoms with Crippen molar-refractivity contribution in [3.05, 3.63) is 82.4 Å². The van der Waals surface area contributed by atoms with Crippen LogP contribution in [0.4, 0.5) is 18.9 Å². The number of nitrogens with one attached hydrogen (secondary N) is 1. The van der Waals surface area contributed by atoms with Gasteiger partial charge in [0.25, 0.3) is 10.0 Å². The molecule has 0 saturated heterocycles. The Labute approximate surface area is 221 Å². The van der Waals surface area contributed by atoms with Gasteiger partial charge in [0, 0.05) is 21.4 Å². The van der Waals surface area contributed by atoms with Gasteiger partial charge >= 0.3 is 6.18 Å². The number of guanidine groups is 1. The summed E-state index contributed by atoms with van der Waals surface area (Å²) in [5, 5.41) is 7.88. The van der Waals surface area contributed by atoms with E-state index in [2.05, 4.69) is 9.71 Å². The number of benzene rings is 3. The smallest absolute Gasteiger partial charge is 0.369 e. The van der Waals surface area contributed by atoms with Crippen LogP contribution in [-0.4, -0.2) is 22.8 Å². The van der Waals surface area contributed by atoms with Gasteiger partial charge in [0.05, 0.1) is 10.5 Å². The number of alkyl halides is 3. The molecule has 0 spiro atoms. The molecule has 0 atom stereocenters. The molecule has 198 valence electrons. The highest BCUT2D eigenvalue weighted by Crippen LogP contribution is 2.35. The molecule has 0 radical (unpaired) electrons. The van der Waals surface area contributed by atoms with Crippen LogP contribution in [0.2, 0.25) is 5.02 Å². The second kappa shape index (κ2) is 10.9. The molecule has 0 aliphatic rings. The van der Waals surface area contributed by atoms with Crippen LogP contribution in [0.3, 0.4) is 0 Å². The van der Waals surface area contributed by atoms with Gasteiger partial charge in [-0.05, 0) is 60.5 Å². The number of primary sulfonamides is 1. The van der Waals surface area contributed by atoms with Gasteiger partial charge in [0.15, 0.2) is 0 Å². The topological polar surface area (TPSA) is 145 Å². The number of hydrogen-bond acceptors (Lipinski definition) is 5. The molecule has 0 aliphatic carbocycles. The lowest BCUT2D eigenvalue weighted by molar-refractivity contribution is -0.137. The summed E-state index contributed by atoms with van der Waals surface area (Å²) in [5.41, 5.74) is 6.08. The first-order valence-corrected chi connectivity index (χ1v) is 14.5. The van der Waals surface area contributed by atoms with E-state index >= 15 is 0 Å². The van der Waals surface area contributed by atoms with Crippen LogP contribution < -0.4 is 16.2 Å². The van der Waals surface area contributed by atoms with Crippen molar-refractivity contribution in [1.29, 1.82) is 0 Å². The van der Waals surface area contributed by atoms with E-state index in [-0.39, 0.29) is 31.1 Å². The summed E-state index contributed by atoms with van der Waals surface area (Å²) in [7, 11) is -8.39. The van der Waals surface area contributed by atoms with Gasteiger partial charge in [-0.2, -0.15) is 21.6 Å². The summed E-state index contributed by atoms with van der Waals surface area (Å²) in [4.78, 5) is -0.221. The predicted molar refractivity (Wildman–Crippen MR) is 137 cm³/mol. The molecular formula is C22H20ClF3N4O4S3. The second-order valence-electron chi connectivity index (χ2n) is 7.68. The van der Waals surface area contributed by atoms with Gasteiger partial charge in [-0.25, -0.2) is 13.6 Å². The van der Waals surface area contributed by atoms with Crippen molar-refractivity contribution in [3.63, 3.8) is 0 Å². The van der Waals surface area contributed by atoms with Crippen molar-refractivity contribution >= 4 is 55.1 Å². The fourth-order valence-electron chi connectivity index (χ4n) is 3.00. The Morgan fingerprint density at radius 3 is 2.30 bits per heavy atom. The van der Waals surface area contributed by atoms with Gasteiger partial charge in [-0.15, -0.1) is 16.2 Å². The van der Waals surface area contributed by atoms with Gasteiger partial charge < -0.3 is 11.1 Å². The Morgan fingerprint density at radius 2 is 1.70 bits per heavy atom. The first kappa shape index (κ1) is 28.8. The van der Waals surface area contributed by atoms with Crippen LogP contribution in [0.1, 0.15) is 16.7 Å². The quantitative estimate of drug-likeness (QED) is 0.204. The molecule has 3 aromatic carbocycles. The molecule has 0 saturated carbocycles. The zero-order valence-corrected chi connectivity index (χ0v) is 22.2. The molecule has 3 rings (SSSR count). The maximum absolute atomic E-state index is 13.1. The van der Waals surface area contributed by atoms with Crippen LogP contribution in [0.5, 0.6) is 0 Å². The van der Waals surface area contributed by atoms with E-state index in [1.54, 1.807) is 6.92 Å². The average Bonchev–Trinajstić information content (AvgIpc) is 2.78. The lowest BCUT2D eigenvalue weighted by Gasteiger charge is -2.12. The fourth-order valence-corrected chi connectivity index (χ4v) is 6.24. The monoisotopic (exact) mass is 592 g/mol. The zero-order chi connectivity index (χ0) is 27.6. The Hall–Kier alpha value is -2.78. The van der Waals surface area contributed by atoms with Crippen molar-refractivity contribution in [2.24, 2.45) is 15.3 Å². The van der Waals surface area contributed by atoms with Crippen molar-refractivity contribution < 1.29 is 30.0 Å². The highest BCUT2D eigenvalue weighted by molar-refractivity contribution is 7.99. The summed E-state index contributed by atoms with van der Waals surface area (Å²) in [5.74, 6) is -0.393. The van der Waals surface area contributed by atoms with E-state index in [4.69, 9.17) is 22.5 Å². The minimum absolute atomic E-state index is 0.132. The molecule has 37 heavy (non-hydrogen) atoms. The molecule has 0 fully saturated rings. The second-order valence-corrected chi connectivity index (χ2v) is 12.2. The Balaban J connectivity index is 1.88. The van der Waals surface area contributed by atoms with E-state index in [9.17, 15) is 30.0 Å². The average molecular weight is 593 g/mol. The maximum atomic E-state index is 13.1. The molecule has 0 aromatic heterocycles. The van der Waals surface area contributed by atoms with Gasteiger partial charge in [0.2, 0.25) is 16.0 Å². The number of anilines is 1. The van der Waals surface area contributed by atoms with Gasteiger partial charge in [-0.3, -0.25) is 0 Å². The molecule has 5 N–H and O–H groups in total. The summed E-state index contributed by atoms with van der Waals surface area (Å²) in [6.45, 7) is 1.59. The number of sulfonamides is 2. The summed E-state index contributed by atoms with van der Waals surface area (Å²) < 4.78 is 91.3. The van der Waals surface area contributed by atoms with E-state index in [1.807, 2.05) is 0 Å². The van der Waals surface area contributed by atoms with Crippen LogP contribution >= 0.6 is 23.4 Å². The Morgan fingerprint density at radius 1 is 1.05 bits per heavy atom. The molecule has 0 aliphatic heterocycles. The van der Waals surface area contributed by atoms with Crippen molar-refractivity contribution in [1.82, 2.24) is 0 Å². The summed E-state index contributed by atoms with van der Waals surface area (Å²) in [6, 6.07) is 12.4. The van der Waals surface area contributed by atoms with E-state index in [1.165, 1.54) is 42.5 Å². The van der Waals surface area contributed by atoms with E-state index in [0.29, 0.717) is 11.1 Å². The number of hydrogen-bond donors (Lipinski definition) is 3. The number of halogens is 4. The number of nitrogens with two attached hydrogens (primary N) is 2. The third kappa shape index (κ3) is 7.61. The lowest BCUT2D eigenvalue weighted by Crippen LogP contribution is -2.24. The number of nitrogens with zero attached hydrogens (tertiary/aromatic N) is 1. The molecule has 8 nitrogen and oxygen atoms in total. The highest BCUT2D eigenvalue weighted by atomic mass is 35.5. The number of aryl methyl sites for hydroxylation is 1. The SMILES string of the molecule is Cc1cc(S(=O)(=O)N=C(N)Nc2cccc(S(N)(=O)=O)c2)c(SCc2ccc(C(F)(F)F)cc2)cc1Cl. The summed E-state index contributed by atoms with van der Waals surface area (Å²) in [6.07, 6.45) is -4.47. The molecule has 3 aromatic rings. The lowest BCUT2D eigenvalue weighted by atomic mass is 10.1. The van der Waals surface area contributed by atoms with Crippen molar-refractivity contribution in [2.45, 2.75) is 33.5 Å². The number of rotatable bonds is 7. The molecule has 15 heteroatoms. The number of thioether (sulfide) groups is 1. The first-order chi connectivity index (χ1) is 17.1. The minimum Gasteiger partial charge on any atom is -0.369 e. The Bertz CT molecular complexity index is 1560. The van der Waals surface area contributed by atoms with Crippen molar-refractivity contribution in [2.75, 3.05) is 5.32 Å². The molecule has 0 unspecified atom stereocenters. The largest absolute Gasteiger partial charge is 0.416 e. The summed E-state index contributed by atoms with van der Waals surface area (Å²) >= 11 is 7.23.